The van der Waals surface area contributed by atoms with Gasteiger partial charge in [-0.1, -0.05) is 6.07 Å². The highest BCUT2D eigenvalue weighted by Gasteiger charge is 2.19. The number of carbonyl (C=O) groups excluding carboxylic acids is 2. The molecule has 1 saturated heterocycles. The van der Waals surface area contributed by atoms with Crippen molar-refractivity contribution in [2.45, 2.75) is 32.4 Å². The molecule has 3 heterocycles. The Morgan fingerprint density at radius 3 is 2.65 bits per heavy atom. The molecule has 2 aromatic rings. The van der Waals surface area contributed by atoms with Crippen LogP contribution in [0.4, 0.5) is 0 Å². The van der Waals surface area contributed by atoms with Crippen LogP contribution in [0, 0.1) is 0 Å². The van der Waals surface area contributed by atoms with E-state index in [0.717, 1.165) is 31.6 Å². The second-order valence-corrected chi connectivity index (χ2v) is 6.42. The normalized spacial score (nSPS) is 14.9. The van der Waals surface area contributed by atoms with Crippen molar-refractivity contribution in [1.29, 1.82) is 0 Å². The summed E-state index contributed by atoms with van der Waals surface area (Å²) < 4.78 is 1.29. The number of nitrogens with one attached hydrogen (secondary N) is 1. The largest absolute Gasteiger partial charge is 0.344 e. The fraction of sp³-hybridized carbons (Fsp3) is 0.368. The molecule has 0 aliphatic carbocycles. The van der Waals surface area contributed by atoms with Crippen LogP contribution < -0.4 is 10.9 Å². The van der Waals surface area contributed by atoms with E-state index in [9.17, 15) is 14.4 Å². The molecule has 1 aliphatic rings. The number of rotatable bonds is 5. The van der Waals surface area contributed by atoms with E-state index >= 15 is 0 Å². The molecule has 2 amide bonds. The molecule has 1 aliphatic heterocycles. The van der Waals surface area contributed by atoms with E-state index in [1.807, 2.05) is 25.1 Å². The highest BCUT2D eigenvalue weighted by Crippen LogP contribution is 2.10. The van der Waals surface area contributed by atoms with Crippen molar-refractivity contribution < 1.29 is 9.59 Å². The summed E-state index contributed by atoms with van der Waals surface area (Å²) in [7, 11) is 0. The maximum absolute atomic E-state index is 12.5. The first-order chi connectivity index (χ1) is 12.5. The van der Waals surface area contributed by atoms with Crippen LogP contribution >= 0.6 is 0 Å². The van der Waals surface area contributed by atoms with Gasteiger partial charge in [0, 0.05) is 31.5 Å². The summed E-state index contributed by atoms with van der Waals surface area (Å²) in [5, 5.41) is 2.86. The molecular weight excluding hydrogens is 332 g/mol. The highest BCUT2D eigenvalue weighted by molar-refractivity contribution is 5.94. The summed E-state index contributed by atoms with van der Waals surface area (Å²) in [6.45, 7) is 3.26. The molecule has 1 N–H and O–H groups in total. The lowest BCUT2D eigenvalue weighted by Gasteiger charge is -2.17. The highest BCUT2D eigenvalue weighted by atomic mass is 16.2. The average Bonchev–Trinajstić information content (AvgIpc) is 3.19. The van der Waals surface area contributed by atoms with Crippen LogP contribution in [0.1, 0.15) is 41.9 Å². The molecule has 0 radical (unpaired) electrons. The van der Waals surface area contributed by atoms with Gasteiger partial charge in [-0.05, 0) is 38.0 Å². The maximum atomic E-state index is 12.5. The van der Waals surface area contributed by atoms with Gasteiger partial charge in [0.25, 0.3) is 11.5 Å². The third-order valence-electron chi connectivity index (χ3n) is 4.49. The second-order valence-electron chi connectivity index (χ2n) is 6.42. The van der Waals surface area contributed by atoms with Crippen molar-refractivity contribution in [3.8, 4) is 0 Å². The summed E-state index contributed by atoms with van der Waals surface area (Å²) in [5.74, 6) is -0.408. The number of nitrogens with zero attached hydrogens (tertiary/aromatic N) is 3. The molecule has 0 bridgehead atoms. The fourth-order valence-corrected chi connectivity index (χ4v) is 2.99. The van der Waals surface area contributed by atoms with E-state index in [4.69, 9.17) is 0 Å². The zero-order valence-corrected chi connectivity index (χ0v) is 14.7. The second kappa shape index (κ2) is 7.95. The third kappa shape index (κ3) is 4.17. The predicted octanol–water partition coefficient (Wildman–Crippen LogP) is 1.36. The Labute approximate surface area is 151 Å². The molecule has 0 spiro atoms. The lowest BCUT2D eigenvalue weighted by molar-refractivity contribution is -0.130. The van der Waals surface area contributed by atoms with Gasteiger partial charge in [0.1, 0.15) is 6.54 Å². The minimum Gasteiger partial charge on any atom is -0.344 e. The summed E-state index contributed by atoms with van der Waals surface area (Å²) in [4.78, 5) is 42.8. The number of carbonyl (C=O) groups is 2. The van der Waals surface area contributed by atoms with E-state index in [-0.39, 0.29) is 30.0 Å². The summed E-state index contributed by atoms with van der Waals surface area (Å²) in [6.07, 6.45) is 5.10. The number of likely N-dealkylation sites (tertiary alicyclic amines) is 1. The molecule has 1 unspecified atom stereocenters. The number of hydrogen-bond donors (Lipinski definition) is 1. The van der Waals surface area contributed by atoms with E-state index in [1.165, 1.54) is 22.9 Å². The molecule has 136 valence electrons. The van der Waals surface area contributed by atoms with Crippen molar-refractivity contribution in [2.75, 3.05) is 13.1 Å². The first-order valence-corrected chi connectivity index (χ1v) is 8.74. The first-order valence-electron chi connectivity index (χ1n) is 8.74. The van der Waals surface area contributed by atoms with Gasteiger partial charge in [0.05, 0.1) is 17.3 Å². The minimum absolute atomic E-state index is 0.0459. The summed E-state index contributed by atoms with van der Waals surface area (Å²) in [6, 6.07) is 8.02. The lowest BCUT2D eigenvalue weighted by atomic mass is 10.2. The standard InChI is InChI=1S/C19H22N4O3/c1-14(16-6-2-3-9-20-16)21-19(26)15-7-8-17(24)23(12-15)13-18(25)22-10-4-5-11-22/h2-3,6-9,12,14H,4-5,10-11,13H2,1H3,(H,21,26). The van der Waals surface area contributed by atoms with Crippen molar-refractivity contribution in [3.05, 3.63) is 64.3 Å². The van der Waals surface area contributed by atoms with Gasteiger partial charge >= 0.3 is 0 Å². The van der Waals surface area contributed by atoms with Crippen LogP contribution in [0.2, 0.25) is 0 Å². The average molecular weight is 354 g/mol. The van der Waals surface area contributed by atoms with Crippen molar-refractivity contribution in [2.24, 2.45) is 0 Å². The van der Waals surface area contributed by atoms with Gasteiger partial charge in [0.2, 0.25) is 5.91 Å². The van der Waals surface area contributed by atoms with Gasteiger partial charge in [-0.25, -0.2) is 0 Å². The smallest absolute Gasteiger partial charge is 0.253 e. The van der Waals surface area contributed by atoms with Gasteiger partial charge in [-0.3, -0.25) is 19.4 Å². The quantitative estimate of drug-likeness (QED) is 0.879. The monoisotopic (exact) mass is 354 g/mol. The number of hydrogen-bond acceptors (Lipinski definition) is 4. The number of aromatic nitrogens is 2. The Morgan fingerprint density at radius 1 is 1.19 bits per heavy atom. The SMILES string of the molecule is CC(NC(=O)c1ccc(=O)n(CC(=O)N2CCCC2)c1)c1ccccn1. The number of pyridine rings is 2. The zero-order chi connectivity index (χ0) is 18.5. The molecule has 0 saturated carbocycles. The Bertz CT molecular complexity index is 841. The van der Waals surface area contributed by atoms with Crippen molar-refractivity contribution in [3.63, 3.8) is 0 Å². The van der Waals surface area contributed by atoms with Crippen LogP contribution in [-0.2, 0) is 11.3 Å². The Kier molecular flexibility index (Phi) is 5.46. The number of amides is 2. The van der Waals surface area contributed by atoms with E-state index in [0.29, 0.717) is 5.56 Å². The molecule has 2 aromatic heterocycles. The van der Waals surface area contributed by atoms with E-state index < -0.39 is 0 Å². The Morgan fingerprint density at radius 2 is 1.96 bits per heavy atom. The van der Waals surface area contributed by atoms with Crippen LogP contribution in [0.15, 0.2) is 47.5 Å². The molecular formula is C19H22N4O3. The van der Waals surface area contributed by atoms with Crippen molar-refractivity contribution >= 4 is 11.8 Å². The molecule has 7 heteroatoms. The molecule has 1 atom stereocenters. The maximum Gasteiger partial charge on any atom is 0.253 e. The molecule has 26 heavy (non-hydrogen) atoms. The Balaban J connectivity index is 1.71. The van der Waals surface area contributed by atoms with Gasteiger partial charge in [-0.2, -0.15) is 0 Å². The van der Waals surface area contributed by atoms with Gasteiger partial charge in [0.15, 0.2) is 0 Å². The Hall–Kier alpha value is -2.96. The van der Waals surface area contributed by atoms with Crippen LogP contribution in [-0.4, -0.2) is 39.4 Å². The zero-order valence-electron chi connectivity index (χ0n) is 14.7. The van der Waals surface area contributed by atoms with Crippen LogP contribution in [0.5, 0.6) is 0 Å². The summed E-state index contributed by atoms with van der Waals surface area (Å²) in [5.41, 5.74) is 0.784. The van der Waals surface area contributed by atoms with Crippen LogP contribution in [0.3, 0.4) is 0 Å². The molecule has 3 rings (SSSR count). The third-order valence-corrected chi connectivity index (χ3v) is 4.49. The lowest BCUT2D eigenvalue weighted by Crippen LogP contribution is -2.35. The minimum atomic E-state index is -0.314. The molecule has 0 aromatic carbocycles. The van der Waals surface area contributed by atoms with Gasteiger partial charge < -0.3 is 14.8 Å². The van der Waals surface area contributed by atoms with E-state index in [2.05, 4.69) is 10.3 Å². The van der Waals surface area contributed by atoms with Crippen LogP contribution in [0.25, 0.3) is 0 Å². The topological polar surface area (TPSA) is 84.3 Å². The van der Waals surface area contributed by atoms with E-state index in [1.54, 1.807) is 11.1 Å². The van der Waals surface area contributed by atoms with Gasteiger partial charge in [-0.15, -0.1) is 0 Å². The molecule has 1 fully saturated rings. The predicted molar refractivity (Wildman–Crippen MR) is 96.6 cm³/mol. The first kappa shape index (κ1) is 17.8. The fourth-order valence-electron chi connectivity index (χ4n) is 2.99. The summed E-state index contributed by atoms with van der Waals surface area (Å²) >= 11 is 0. The molecule has 7 nitrogen and oxygen atoms in total. The van der Waals surface area contributed by atoms with Crippen molar-refractivity contribution in [1.82, 2.24) is 19.8 Å².